The molecule has 7 rings (SSSR count). The maximum atomic E-state index is 4.85. The second-order valence-electron chi connectivity index (χ2n) is 7.66. The lowest BCUT2D eigenvalue weighted by molar-refractivity contribution is 1.17. The molecule has 0 aliphatic carbocycles. The van der Waals surface area contributed by atoms with Crippen molar-refractivity contribution in [3.63, 3.8) is 0 Å². The van der Waals surface area contributed by atoms with Crippen LogP contribution in [0.25, 0.3) is 63.0 Å². The summed E-state index contributed by atoms with van der Waals surface area (Å²) in [6, 6.07) is 21.4. The van der Waals surface area contributed by atoms with Gasteiger partial charge in [-0.1, -0.05) is 36.4 Å². The van der Waals surface area contributed by atoms with Gasteiger partial charge in [-0.3, -0.25) is 4.98 Å². The van der Waals surface area contributed by atoms with Gasteiger partial charge in [-0.05, 0) is 35.0 Å². The van der Waals surface area contributed by atoms with Crippen LogP contribution in [0.15, 0.2) is 85.6 Å². The van der Waals surface area contributed by atoms with E-state index >= 15 is 0 Å². The average Bonchev–Trinajstić information content (AvgIpc) is 3.49. The van der Waals surface area contributed by atoms with E-state index in [1.807, 2.05) is 42.9 Å². The number of fused-ring (bicyclic) bond motifs is 6. The number of thiophene rings is 2. The van der Waals surface area contributed by atoms with Crippen LogP contribution < -0.4 is 0 Å². The van der Waals surface area contributed by atoms with Gasteiger partial charge in [-0.15, -0.1) is 22.7 Å². The normalized spacial score (nSPS) is 11.8. The molecule has 6 heteroatoms. The Labute approximate surface area is 190 Å². The van der Waals surface area contributed by atoms with Gasteiger partial charge in [0.05, 0.1) is 27.8 Å². The fraction of sp³-hybridized carbons (Fsp3) is 0. The van der Waals surface area contributed by atoms with Crippen LogP contribution in [0, 0.1) is 0 Å². The number of hydrogen-bond acceptors (Lipinski definition) is 6. The molecular formula is C26H14N4S2. The first kappa shape index (κ1) is 17.9. The van der Waals surface area contributed by atoms with Crippen molar-refractivity contribution < 1.29 is 0 Å². The Morgan fingerprint density at radius 3 is 2.03 bits per heavy atom. The van der Waals surface area contributed by atoms with Gasteiger partial charge in [0.25, 0.3) is 0 Å². The number of benzene rings is 3. The Morgan fingerprint density at radius 2 is 1.28 bits per heavy atom. The Morgan fingerprint density at radius 1 is 0.625 bits per heavy atom. The molecule has 0 N–H and O–H groups in total. The molecule has 0 aliphatic rings. The summed E-state index contributed by atoms with van der Waals surface area (Å²) in [5.74, 6) is 0. The summed E-state index contributed by atoms with van der Waals surface area (Å²) in [6.07, 6.45) is 7.18. The lowest BCUT2D eigenvalue weighted by Crippen LogP contribution is -1.85. The molecule has 4 heterocycles. The number of hydrogen-bond donors (Lipinski definition) is 0. The summed E-state index contributed by atoms with van der Waals surface area (Å²) >= 11 is 3.58. The van der Waals surface area contributed by atoms with Crippen LogP contribution in [0.3, 0.4) is 0 Å². The van der Waals surface area contributed by atoms with Crippen LogP contribution >= 0.6 is 22.7 Å². The quantitative estimate of drug-likeness (QED) is 0.279. The van der Waals surface area contributed by atoms with Crippen molar-refractivity contribution in [2.24, 2.45) is 0 Å². The minimum absolute atomic E-state index is 0.918. The van der Waals surface area contributed by atoms with Gasteiger partial charge in [0, 0.05) is 43.0 Å². The molecule has 150 valence electrons. The van der Waals surface area contributed by atoms with Crippen molar-refractivity contribution in [1.82, 2.24) is 19.9 Å². The molecule has 0 unspecified atom stereocenters. The highest BCUT2D eigenvalue weighted by atomic mass is 32.1. The SMILES string of the molecule is c1ccc2nc(-c3cc4ccc5c(ccc6cc(-c7cncnc7)sc65)c4s3)cnc2c1. The number of aromatic nitrogens is 4. The molecule has 0 radical (unpaired) electrons. The predicted molar refractivity (Wildman–Crippen MR) is 134 cm³/mol. The van der Waals surface area contributed by atoms with Crippen molar-refractivity contribution >= 4 is 64.7 Å². The minimum atomic E-state index is 0.918. The summed E-state index contributed by atoms with van der Waals surface area (Å²) in [5, 5.41) is 5.04. The van der Waals surface area contributed by atoms with Gasteiger partial charge in [-0.25, -0.2) is 15.0 Å². The van der Waals surface area contributed by atoms with Crippen LogP contribution in [0.1, 0.15) is 0 Å². The monoisotopic (exact) mass is 446 g/mol. The topological polar surface area (TPSA) is 51.6 Å². The first-order valence-corrected chi connectivity index (χ1v) is 11.8. The van der Waals surface area contributed by atoms with Gasteiger partial charge < -0.3 is 0 Å². The zero-order valence-electron chi connectivity index (χ0n) is 16.7. The van der Waals surface area contributed by atoms with Gasteiger partial charge in [0.15, 0.2) is 0 Å². The Kier molecular flexibility index (Phi) is 3.85. The van der Waals surface area contributed by atoms with Crippen LogP contribution in [0.4, 0.5) is 0 Å². The summed E-state index contributed by atoms with van der Waals surface area (Å²) in [7, 11) is 0. The summed E-state index contributed by atoms with van der Waals surface area (Å²) in [6.45, 7) is 0. The van der Waals surface area contributed by atoms with E-state index < -0.39 is 0 Å². The molecule has 0 atom stereocenters. The standard InChI is InChI=1S/C26H14N4S2/c1-2-4-21-20(3-1)29-13-22(30-21)24-10-16-6-8-18-19(26(16)32-24)7-5-15-9-23(31-25(15)18)17-11-27-14-28-12-17/h1-14H. The minimum Gasteiger partial charge on any atom is -0.252 e. The van der Waals surface area contributed by atoms with E-state index in [4.69, 9.17) is 4.98 Å². The molecule has 3 aromatic carbocycles. The maximum absolute atomic E-state index is 4.85. The smallest absolute Gasteiger partial charge is 0.115 e. The molecule has 0 spiro atoms. The second-order valence-corrected chi connectivity index (χ2v) is 9.76. The highest BCUT2D eigenvalue weighted by molar-refractivity contribution is 7.24. The zero-order chi connectivity index (χ0) is 21.1. The average molecular weight is 447 g/mol. The van der Waals surface area contributed by atoms with Crippen molar-refractivity contribution in [1.29, 1.82) is 0 Å². The van der Waals surface area contributed by atoms with E-state index in [2.05, 4.69) is 51.4 Å². The molecule has 32 heavy (non-hydrogen) atoms. The first-order valence-electron chi connectivity index (χ1n) is 10.2. The third-order valence-electron chi connectivity index (χ3n) is 5.71. The van der Waals surface area contributed by atoms with Crippen LogP contribution in [-0.4, -0.2) is 19.9 Å². The molecule has 7 aromatic rings. The number of para-hydroxylation sites is 2. The van der Waals surface area contributed by atoms with Gasteiger partial charge in [0.1, 0.15) is 6.33 Å². The van der Waals surface area contributed by atoms with E-state index in [9.17, 15) is 0 Å². The largest absolute Gasteiger partial charge is 0.252 e. The fourth-order valence-corrected chi connectivity index (χ4v) is 6.47. The molecule has 0 amide bonds. The predicted octanol–water partition coefficient (Wildman–Crippen LogP) is 7.34. The van der Waals surface area contributed by atoms with Crippen molar-refractivity contribution in [3.05, 3.63) is 85.6 Å². The van der Waals surface area contributed by atoms with Crippen molar-refractivity contribution in [2.45, 2.75) is 0 Å². The highest BCUT2D eigenvalue weighted by Crippen LogP contribution is 2.42. The van der Waals surface area contributed by atoms with Gasteiger partial charge in [-0.2, -0.15) is 0 Å². The van der Waals surface area contributed by atoms with Crippen molar-refractivity contribution in [3.8, 4) is 21.0 Å². The molecule has 0 saturated carbocycles. The van der Waals surface area contributed by atoms with Gasteiger partial charge >= 0.3 is 0 Å². The zero-order valence-corrected chi connectivity index (χ0v) is 18.3. The highest BCUT2D eigenvalue weighted by Gasteiger charge is 2.13. The van der Waals surface area contributed by atoms with Crippen molar-refractivity contribution in [2.75, 3.05) is 0 Å². The van der Waals surface area contributed by atoms with Crippen LogP contribution in [0.2, 0.25) is 0 Å². The lowest BCUT2D eigenvalue weighted by atomic mass is 10.1. The van der Waals surface area contributed by atoms with E-state index in [0.717, 1.165) is 27.2 Å². The van der Waals surface area contributed by atoms with E-state index in [1.165, 1.54) is 35.8 Å². The maximum Gasteiger partial charge on any atom is 0.115 e. The van der Waals surface area contributed by atoms with E-state index in [-0.39, 0.29) is 0 Å². The molecule has 0 fully saturated rings. The number of nitrogens with zero attached hydrogens (tertiary/aromatic N) is 4. The Balaban J connectivity index is 1.42. The third kappa shape index (κ3) is 2.74. The molecule has 4 aromatic heterocycles. The lowest BCUT2D eigenvalue weighted by Gasteiger charge is -2.01. The van der Waals surface area contributed by atoms with Gasteiger partial charge in [0.2, 0.25) is 0 Å². The third-order valence-corrected chi connectivity index (χ3v) is 8.15. The van der Waals surface area contributed by atoms with Crippen LogP contribution in [-0.2, 0) is 0 Å². The Hall–Kier alpha value is -3.74. The fourth-order valence-electron chi connectivity index (χ4n) is 4.17. The molecule has 0 bridgehead atoms. The van der Waals surface area contributed by atoms with E-state index in [0.29, 0.717) is 0 Å². The van der Waals surface area contributed by atoms with Crippen LogP contribution in [0.5, 0.6) is 0 Å². The molecule has 0 saturated heterocycles. The molecular weight excluding hydrogens is 432 g/mol. The number of rotatable bonds is 2. The second kappa shape index (κ2) is 6.88. The first-order chi connectivity index (χ1) is 15.8. The Bertz CT molecular complexity index is 1780. The van der Waals surface area contributed by atoms with E-state index in [1.54, 1.807) is 29.0 Å². The molecule has 4 nitrogen and oxygen atoms in total. The summed E-state index contributed by atoms with van der Waals surface area (Å²) in [4.78, 5) is 20.1. The summed E-state index contributed by atoms with van der Waals surface area (Å²) < 4.78 is 2.58. The molecule has 0 aliphatic heterocycles. The summed E-state index contributed by atoms with van der Waals surface area (Å²) in [5.41, 5.74) is 3.81.